The van der Waals surface area contributed by atoms with Crippen LogP contribution in [-0.2, 0) is 0 Å². The van der Waals surface area contributed by atoms with E-state index < -0.39 is 0 Å². The predicted molar refractivity (Wildman–Crippen MR) is 81.5 cm³/mol. The third kappa shape index (κ3) is 2.58. The number of benzene rings is 1. The number of nitrogens with one attached hydrogen (secondary N) is 1. The van der Waals surface area contributed by atoms with Crippen LogP contribution in [0, 0.1) is 0 Å². The van der Waals surface area contributed by atoms with Crippen LogP contribution in [-0.4, -0.2) is 25.1 Å². The van der Waals surface area contributed by atoms with Gasteiger partial charge in [0, 0.05) is 18.3 Å². The first kappa shape index (κ1) is 13.9. The maximum absolute atomic E-state index is 12.3. The molecule has 3 aromatic rings. The predicted octanol–water partition coefficient (Wildman–Crippen LogP) is 3.10. The normalized spacial score (nSPS) is 10.5. The summed E-state index contributed by atoms with van der Waals surface area (Å²) in [5, 5.41) is 2.75. The first-order chi connectivity index (χ1) is 10.7. The minimum absolute atomic E-state index is 0.187. The van der Waals surface area contributed by atoms with Crippen molar-refractivity contribution < 1.29 is 18.7 Å². The smallest absolute Gasteiger partial charge is 0.291 e. The second-order valence-corrected chi connectivity index (χ2v) is 4.52. The fourth-order valence-electron chi connectivity index (χ4n) is 2.07. The number of rotatable bonds is 4. The molecule has 3 rings (SSSR count). The molecule has 0 saturated heterocycles. The standard InChI is InChI=1S/C16H14N2O4/c1-20-10-5-6-11(14(8-10)21-2)18-16(19)15-9-12-13(22-15)4-3-7-17-12/h3-9H,1-2H3,(H,18,19). The number of nitrogens with zero attached hydrogens (tertiary/aromatic N) is 1. The van der Waals surface area contributed by atoms with Gasteiger partial charge in [0.15, 0.2) is 11.3 Å². The lowest BCUT2D eigenvalue weighted by molar-refractivity contribution is 0.0998. The van der Waals surface area contributed by atoms with Crippen molar-refractivity contribution in [3.8, 4) is 11.5 Å². The molecule has 0 saturated carbocycles. The third-order valence-electron chi connectivity index (χ3n) is 3.17. The molecule has 0 aliphatic carbocycles. The third-order valence-corrected chi connectivity index (χ3v) is 3.17. The number of carbonyl (C=O) groups is 1. The van der Waals surface area contributed by atoms with E-state index in [1.165, 1.54) is 7.11 Å². The number of hydrogen-bond donors (Lipinski definition) is 1. The Kier molecular flexibility index (Phi) is 3.65. The minimum Gasteiger partial charge on any atom is -0.497 e. The highest BCUT2D eigenvalue weighted by molar-refractivity contribution is 6.05. The van der Waals surface area contributed by atoms with Gasteiger partial charge in [-0.15, -0.1) is 0 Å². The van der Waals surface area contributed by atoms with E-state index in [-0.39, 0.29) is 11.7 Å². The van der Waals surface area contributed by atoms with E-state index >= 15 is 0 Å². The largest absolute Gasteiger partial charge is 0.497 e. The van der Waals surface area contributed by atoms with Crippen LogP contribution in [0.1, 0.15) is 10.6 Å². The molecule has 2 heterocycles. The Bertz CT molecular complexity index is 793. The van der Waals surface area contributed by atoms with Gasteiger partial charge in [-0.2, -0.15) is 0 Å². The summed E-state index contributed by atoms with van der Waals surface area (Å²) in [6.07, 6.45) is 1.64. The van der Waals surface area contributed by atoms with Gasteiger partial charge in [-0.1, -0.05) is 0 Å². The summed E-state index contributed by atoms with van der Waals surface area (Å²) in [4.78, 5) is 16.4. The van der Waals surface area contributed by atoms with Gasteiger partial charge in [-0.25, -0.2) is 0 Å². The van der Waals surface area contributed by atoms with Crippen LogP contribution in [0.2, 0.25) is 0 Å². The second-order valence-electron chi connectivity index (χ2n) is 4.52. The Morgan fingerprint density at radius 1 is 1.18 bits per heavy atom. The van der Waals surface area contributed by atoms with Crippen LogP contribution in [0.5, 0.6) is 11.5 Å². The number of methoxy groups -OCH3 is 2. The van der Waals surface area contributed by atoms with Crippen molar-refractivity contribution in [2.75, 3.05) is 19.5 Å². The zero-order valence-electron chi connectivity index (χ0n) is 12.1. The Balaban J connectivity index is 1.87. The van der Waals surface area contributed by atoms with E-state index in [9.17, 15) is 4.79 Å². The lowest BCUT2D eigenvalue weighted by atomic mass is 10.2. The number of carbonyl (C=O) groups excluding carboxylic acids is 1. The number of hydrogen-bond acceptors (Lipinski definition) is 5. The first-order valence-corrected chi connectivity index (χ1v) is 6.59. The molecule has 22 heavy (non-hydrogen) atoms. The van der Waals surface area contributed by atoms with Gasteiger partial charge in [0.05, 0.1) is 19.9 Å². The van der Waals surface area contributed by atoms with Crippen molar-refractivity contribution in [1.82, 2.24) is 4.98 Å². The van der Waals surface area contributed by atoms with Gasteiger partial charge in [0.25, 0.3) is 5.91 Å². The fourth-order valence-corrected chi connectivity index (χ4v) is 2.07. The van der Waals surface area contributed by atoms with E-state index in [0.29, 0.717) is 28.3 Å². The Hall–Kier alpha value is -3.02. The molecular formula is C16H14N2O4. The van der Waals surface area contributed by atoms with Gasteiger partial charge in [-0.3, -0.25) is 9.78 Å². The van der Waals surface area contributed by atoms with Crippen LogP contribution < -0.4 is 14.8 Å². The Morgan fingerprint density at radius 2 is 2.05 bits per heavy atom. The summed E-state index contributed by atoms with van der Waals surface area (Å²) < 4.78 is 15.8. The summed E-state index contributed by atoms with van der Waals surface area (Å²) in [6.45, 7) is 0. The molecule has 0 radical (unpaired) electrons. The molecule has 0 unspecified atom stereocenters. The lowest BCUT2D eigenvalue weighted by Crippen LogP contribution is -2.11. The summed E-state index contributed by atoms with van der Waals surface area (Å²) in [7, 11) is 3.09. The molecule has 0 aliphatic rings. The number of furan rings is 1. The number of fused-ring (bicyclic) bond motifs is 1. The molecule has 1 aromatic carbocycles. The van der Waals surface area contributed by atoms with Crippen LogP contribution in [0.25, 0.3) is 11.1 Å². The second kappa shape index (κ2) is 5.77. The van der Waals surface area contributed by atoms with Crippen LogP contribution in [0.3, 0.4) is 0 Å². The topological polar surface area (TPSA) is 73.6 Å². The molecule has 2 aromatic heterocycles. The zero-order valence-corrected chi connectivity index (χ0v) is 12.1. The van der Waals surface area contributed by atoms with Crippen molar-refractivity contribution in [3.63, 3.8) is 0 Å². The summed E-state index contributed by atoms with van der Waals surface area (Å²) in [6, 6.07) is 10.2. The van der Waals surface area contributed by atoms with Crippen molar-refractivity contribution in [1.29, 1.82) is 0 Å². The van der Waals surface area contributed by atoms with Crippen molar-refractivity contribution >= 4 is 22.7 Å². The molecule has 0 bridgehead atoms. The van der Waals surface area contributed by atoms with Gasteiger partial charge in [0.2, 0.25) is 0 Å². The lowest BCUT2D eigenvalue weighted by Gasteiger charge is -2.10. The molecule has 0 atom stereocenters. The SMILES string of the molecule is COc1ccc(NC(=O)c2cc3ncccc3o2)c(OC)c1. The Morgan fingerprint density at radius 3 is 2.77 bits per heavy atom. The zero-order chi connectivity index (χ0) is 15.5. The maximum atomic E-state index is 12.3. The molecule has 1 amide bonds. The summed E-state index contributed by atoms with van der Waals surface area (Å²) in [5.74, 6) is 0.956. The molecule has 112 valence electrons. The van der Waals surface area contributed by atoms with Gasteiger partial charge < -0.3 is 19.2 Å². The monoisotopic (exact) mass is 298 g/mol. The van der Waals surface area contributed by atoms with Gasteiger partial charge >= 0.3 is 0 Å². The van der Waals surface area contributed by atoms with Crippen LogP contribution in [0.15, 0.2) is 47.0 Å². The average Bonchev–Trinajstić information content (AvgIpc) is 2.99. The van der Waals surface area contributed by atoms with Crippen molar-refractivity contribution in [2.24, 2.45) is 0 Å². The molecule has 0 spiro atoms. The van der Waals surface area contributed by atoms with Crippen LogP contribution >= 0.6 is 0 Å². The van der Waals surface area contributed by atoms with E-state index in [2.05, 4.69) is 10.3 Å². The molecule has 1 N–H and O–H groups in total. The van der Waals surface area contributed by atoms with Crippen LogP contribution in [0.4, 0.5) is 5.69 Å². The number of amides is 1. The van der Waals surface area contributed by atoms with E-state index in [1.54, 1.807) is 49.7 Å². The fraction of sp³-hybridized carbons (Fsp3) is 0.125. The van der Waals surface area contributed by atoms with Crippen molar-refractivity contribution in [2.45, 2.75) is 0 Å². The quantitative estimate of drug-likeness (QED) is 0.801. The average molecular weight is 298 g/mol. The Labute approximate surface area is 126 Å². The highest BCUT2D eigenvalue weighted by Gasteiger charge is 2.15. The van der Waals surface area contributed by atoms with Gasteiger partial charge in [0.1, 0.15) is 17.0 Å². The molecule has 0 aliphatic heterocycles. The highest BCUT2D eigenvalue weighted by Crippen LogP contribution is 2.29. The van der Waals surface area contributed by atoms with Gasteiger partial charge in [-0.05, 0) is 24.3 Å². The minimum atomic E-state index is -0.374. The molecule has 0 fully saturated rings. The van der Waals surface area contributed by atoms with E-state index in [1.807, 2.05) is 0 Å². The number of ether oxygens (including phenoxy) is 2. The number of aromatic nitrogens is 1. The summed E-state index contributed by atoms with van der Waals surface area (Å²) in [5.41, 5.74) is 1.73. The van der Waals surface area contributed by atoms with E-state index in [4.69, 9.17) is 13.9 Å². The summed E-state index contributed by atoms with van der Waals surface area (Å²) >= 11 is 0. The molecule has 6 heteroatoms. The number of pyridine rings is 1. The maximum Gasteiger partial charge on any atom is 0.291 e. The molecular weight excluding hydrogens is 284 g/mol. The molecule has 6 nitrogen and oxygen atoms in total. The van der Waals surface area contributed by atoms with E-state index in [0.717, 1.165) is 0 Å². The number of anilines is 1. The highest BCUT2D eigenvalue weighted by atomic mass is 16.5. The van der Waals surface area contributed by atoms with Crippen molar-refractivity contribution in [3.05, 3.63) is 48.4 Å². The first-order valence-electron chi connectivity index (χ1n) is 6.59.